The second-order valence-corrected chi connectivity index (χ2v) is 7.38. The lowest BCUT2D eigenvalue weighted by Crippen LogP contribution is -2.21. The molecule has 0 unspecified atom stereocenters. The van der Waals surface area contributed by atoms with Crippen LogP contribution >= 0.6 is 11.3 Å². The van der Waals surface area contributed by atoms with Crippen LogP contribution in [0.4, 0.5) is 5.69 Å². The summed E-state index contributed by atoms with van der Waals surface area (Å²) in [7, 11) is 0. The van der Waals surface area contributed by atoms with Crippen molar-refractivity contribution >= 4 is 33.1 Å². The predicted octanol–water partition coefficient (Wildman–Crippen LogP) is 3.81. The Balaban J connectivity index is 1.51. The number of nitrogens with zero attached hydrogens (tertiary/aromatic N) is 2. The third kappa shape index (κ3) is 2.98. The van der Waals surface area contributed by atoms with Crippen molar-refractivity contribution in [1.29, 1.82) is 0 Å². The van der Waals surface area contributed by atoms with Crippen LogP contribution < -0.4 is 10.1 Å². The lowest BCUT2D eigenvalue weighted by molar-refractivity contribution is -0.118. The molecule has 0 bridgehead atoms. The number of fused-ring (bicyclic) bond motifs is 3. The number of anilines is 1. The largest absolute Gasteiger partial charge is 0.467 e. The highest BCUT2D eigenvalue weighted by atomic mass is 32.1. The monoisotopic (exact) mass is 353 g/mol. The Morgan fingerprint density at radius 3 is 3.04 bits per heavy atom. The van der Waals surface area contributed by atoms with Crippen LogP contribution in [0.1, 0.15) is 28.0 Å². The van der Waals surface area contributed by atoms with Crippen LogP contribution in [0.25, 0.3) is 10.2 Å². The van der Waals surface area contributed by atoms with Crippen molar-refractivity contribution in [3.05, 3.63) is 46.1 Å². The molecule has 1 amide bonds. The van der Waals surface area contributed by atoms with Crippen molar-refractivity contribution in [3.63, 3.8) is 0 Å². The second-order valence-electron chi connectivity index (χ2n) is 6.30. The van der Waals surface area contributed by atoms with Crippen LogP contribution in [0.15, 0.2) is 24.5 Å². The summed E-state index contributed by atoms with van der Waals surface area (Å²) in [6.07, 6.45) is 4.81. The summed E-state index contributed by atoms with van der Waals surface area (Å²) in [4.78, 5) is 23.2. The van der Waals surface area contributed by atoms with Crippen LogP contribution in [0.5, 0.6) is 5.88 Å². The van der Waals surface area contributed by atoms with Gasteiger partial charge in [0.2, 0.25) is 5.88 Å². The molecular formula is C19H19N3O2S. The first-order valence-electron chi connectivity index (χ1n) is 8.37. The van der Waals surface area contributed by atoms with E-state index in [9.17, 15) is 4.79 Å². The molecule has 0 radical (unpaired) electrons. The van der Waals surface area contributed by atoms with E-state index < -0.39 is 0 Å². The normalized spacial score (nSPS) is 13.0. The van der Waals surface area contributed by atoms with Gasteiger partial charge in [-0.1, -0.05) is 12.1 Å². The first kappa shape index (κ1) is 16.0. The Labute approximate surface area is 150 Å². The summed E-state index contributed by atoms with van der Waals surface area (Å²) < 4.78 is 5.75. The van der Waals surface area contributed by atoms with Gasteiger partial charge in [0.25, 0.3) is 5.91 Å². The fourth-order valence-corrected chi connectivity index (χ4v) is 4.44. The van der Waals surface area contributed by atoms with E-state index >= 15 is 0 Å². The summed E-state index contributed by atoms with van der Waals surface area (Å²) >= 11 is 1.71. The van der Waals surface area contributed by atoms with E-state index in [1.54, 1.807) is 11.3 Å². The average Bonchev–Trinajstić information content (AvgIpc) is 3.18. The topological polar surface area (TPSA) is 64.1 Å². The van der Waals surface area contributed by atoms with E-state index in [-0.39, 0.29) is 12.5 Å². The summed E-state index contributed by atoms with van der Waals surface area (Å²) in [6.45, 7) is 3.95. The Morgan fingerprint density at radius 2 is 2.16 bits per heavy atom. The minimum atomic E-state index is -0.188. The van der Waals surface area contributed by atoms with Crippen molar-refractivity contribution in [2.45, 2.75) is 33.1 Å². The zero-order valence-corrected chi connectivity index (χ0v) is 15.1. The molecule has 1 aliphatic carbocycles. The zero-order valence-electron chi connectivity index (χ0n) is 14.3. The molecule has 0 saturated carbocycles. The van der Waals surface area contributed by atoms with Gasteiger partial charge in [-0.3, -0.25) is 4.79 Å². The summed E-state index contributed by atoms with van der Waals surface area (Å²) in [6, 6.07) is 5.85. The number of carbonyl (C=O) groups excluding carboxylic acids is 1. The standard InChI is InChI=1S/C19H19N3O2S/c1-11-5-3-7-14(12(11)2)22-16(23)9-24-18-17-13-6-4-8-15(13)25-19(17)21-10-20-18/h3,5,7,10H,4,6,8-9H2,1-2H3,(H,22,23). The maximum atomic E-state index is 12.3. The van der Waals surface area contributed by atoms with Crippen LogP contribution in [0, 0.1) is 13.8 Å². The van der Waals surface area contributed by atoms with Gasteiger partial charge in [0, 0.05) is 10.6 Å². The zero-order chi connectivity index (χ0) is 17.4. The first-order valence-corrected chi connectivity index (χ1v) is 9.19. The highest BCUT2D eigenvalue weighted by Gasteiger charge is 2.22. The van der Waals surface area contributed by atoms with Gasteiger partial charge in [0.05, 0.1) is 5.39 Å². The molecule has 0 saturated heterocycles. The fourth-order valence-electron chi connectivity index (χ4n) is 3.22. The summed E-state index contributed by atoms with van der Waals surface area (Å²) in [5, 5.41) is 3.90. The number of hydrogen-bond acceptors (Lipinski definition) is 5. The molecule has 4 rings (SSSR count). The van der Waals surface area contributed by atoms with Gasteiger partial charge in [-0.05, 0) is 55.9 Å². The number of amides is 1. The van der Waals surface area contributed by atoms with Crippen molar-refractivity contribution in [1.82, 2.24) is 9.97 Å². The molecule has 3 aromatic rings. The van der Waals surface area contributed by atoms with Crippen LogP contribution in [-0.2, 0) is 17.6 Å². The molecule has 6 heteroatoms. The van der Waals surface area contributed by atoms with Gasteiger partial charge in [0.1, 0.15) is 11.2 Å². The number of rotatable bonds is 4. The molecule has 2 aromatic heterocycles. The number of nitrogens with one attached hydrogen (secondary N) is 1. The van der Waals surface area contributed by atoms with Gasteiger partial charge in [-0.2, -0.15) is 0 Å². The minimum absolute atomic E-state index is 0.0654. The third-order valence-electron chi connectivity index (χ3n) is 4.69. The van der Waals surface area contributed by atoms with Gasteiger partial charge >= 0.3 is 0 Å². The molecule has 128 valence electrons. The maximum absolute atomic E-state index is 12.3. The van der Waals surface area contributed by atoms with Gasteiger partial charge in [-0.25, -0.2) is 9.97 Å². The lowest BCUT2D eigenvalue weighted by atomic mass is 10.1. The highest BCUT2D eigenvalue weighted by molar-refractivity contribution is 7.18. The molecular weight excluding hydrogens is 334 g/mol. The molecule has 0 spiro atoms. The molecule has 1 aromatic carbocycles. The third-order valence-corrected chi connectivity index (χ3v) is 5.89. The SMILES string of the molecule is Cc1cccc(NC(=O)COc2ncnc3sc4c(c23)CCC4)c1C. The number of carbonyl (C=O) groups is 1. The highest BCUT2D eigenvalue weighted by Crippen LogP contribution is 2.39. The quantitative estimate of drug-likeness (QED) is 0.774. The Hall–Kier alpha value is -2.47. The molecule has 0 aliphatic heterocycles. The molecule has 0 atom stereocenters. The van der Waals surface area contributed by atoms with Crippen molar-refractivity contribution in [2.24, 2.45) is 0 Å². The van der Waals surface area contributed by atoms with Gasteiger partial charge in [-0.15, -0.1) is 11.3 Å². The van der Waals surface area contributed by atoms with Crippen molar-refractivity contribution in [3.8, 4) is 5.88 Å². The Morgan fingerprint density at radius 1 is 1.28 bits per heavy atom. The fraction of sp³-hybridized carbons (Fsp3) is 0.316. The smallest absolute Gasteiger partial charge is 0.262 e. The van der Waals surface area contributed by atoms with E-state index in [1.807, 2.05) is 32.0 Å². The van der Waals surface area contributed by atoms with Crippen molar-refractivity contribution < 1.29 is 9.53 Å². The summed E-state index contributed by atoms with van der Waals surface area (Å²) in [5.41, 5.74) is 4.32. The Bertz CT molecular complexity index is 965. The van der Waals surface area contributed by atoms with E-state index in [0.717, 1.165) is 39.9 Å². The number of ether oxygens (including phenoxy) is 1. The van der Waals surface area contributed by atoms with Crippen LogP contribution in [-0.4, -0.2) is 22.5 Å². The van der Waals surface area contributed by atoms with Crippen LogP contribution in [0.2, 0.25) is 0 Å². The molecule has 1 aliphatic rings. The Kier molecular flexibility index (Phi) is 4.13. The van der Waals surface area contributed by atoms with E-state index in [1.165, 1.54) is 23.2 Å². The van der Waals surface area contributed by atoms with E-state index in [4.69, 9.17) is 4.74 Å². The first-order chi connectivity index (χ1) is 12.1. The molecule has 25 heavy (non-hydrogen) atoms. The number of benzene rings is 1. The van der Waals surface area contributed by atoms with E-state index in [2.05, 4.69) is 15.3 Å². The van der Waals surface area contributed by atoms with Crippen LogP contribution in [0.3, 0.4) is 0 Å². The lowest BCUT2D eigenvalue weighted by Gasteiger charge is -2.11. The second kappa shape index (κ2) is 6.44. The summed E-state index contributed by atoms with van der Waals surface area (Å²) in [5.74, 6) is 0.327. The predicted molar refractivity (Wildman–Crippen MR) is 99.5 cm³/mol. The molecule has 0 fully saturated rings. The maximum Gasteiger partial charge on any atom is 0.262 e. The van der Waals surface area contributed by atoms with Crippen molar-refractivity contribution in [2.75, 3.05) is 11.9 Å². The molecule has 5 nitrogen and oxygen atoms in total. The van der Waals surface area contributed by atoms with Gasteiger partial charge < -0.3 is 10.1 Å². The van der Waals surface area contributed by atoms with E-state index in [0.29, 0.717) is 5.88 Å². The molecule has 2 heterocycles. The van der Waals surface area contributed by atoms with Gasteiger partial charge in [0.15, 0.2) is 6.61 Å². The minimum Gasteiger partial charge on any atom is -0.467 e. The number of aromatic nitrogens is 2. The number of aryl methyl sites for hydroxylation is 3. The number of hydrogen-bond donors (Lipinski definition) is 1. The average molecular weight is 353 g/mol. The number of thiophene rings is 1. The molecule has 1 N–H and O–H groups in total.